The van der Waals surface area contributed by atoms with Crippen LogP contribution >= 0.6 is 0 Å². The fourth-order valence-electron chi connectivity index (χ4n) is 2.59. The van der Waals surface area contributed by atoms with Gasteiger partial charge in [0.2, 0.25) is 0 Å². The van der Waals surface area contributed by atoms with E-state index in [0.29, 0.717) is 18.5 Å². The Balaban J connectivity index is 1.80. The van der Waals surface area contributed by atoms with Crippen LogP contribution in [0.5, 0.6) is 0 Å². The Morgan fingerprint density at radius 3 is 2.74 bits per heavy atom. The second kappa shape index (κ2) is 6.57. The first-order chi connectivity index (χ1) is 9.16. The Bertz CT molecular complexity index is 397. The minimum atomic E-state index is -0.0868. The number of piperidine rings is 1. The Morgan fingerprint density at radius 1 is 1.32 bits per heavy atom. The molecule has 0 spiro atoms. The number of hydrogen-bond donors (Lipinski definition) is 3. The molecule has 4 nitrogen and oxygen atoms in total. The quantitative estimate of drug-likeness (QED) is 0.778. The highest BCUT2D eigenvalue weighted by molar-refractivity contribution is 5.74. The van der Waals surface area contributed by atoms with Crippen LogP contribution < -0.4 is 16.0 Å². The Kier molecular flexibility index (Phi) is 4.80. The Morgan fingerprint density at radius 2 is 2.05 bits per heavy atom. The van der Waals surface area contributed by atoms with Gasteiger partial charge in [-0.2, -0.15) is 0 Å². The average Bonchev–Trinajstić information content (AvgIpc) is 2.42. The number of benzene rings is 1. The number of rotatable bonds is 3. The Labute approximate surface area is 115 Å². The highest BCUT2D eigenvalue weighted by atomic mass is 16.2. The third kappa shape index (κ3) is 3.96. The summed E-state index contributed by atoms with van der Waals surface area (Å²) < 4.78 is 0. The van der Waals surface area contributed by atoms with Crippen LogP contribution in [0.2, 0.25) is 0 Å². The van der Waals surface area contributed by atoms with Gasteiger partial charge in [0.15, 0.2) is 0 Å². The molecule has 19 heavy (non-hydrogen) atoms. The van der Waals surface area contributed by atoms with Gasteiger partial charge in [0, 0.05) is 18.6 Å². The summed E-state index contributed by atoms with van der Waals surface area (Å²) in [5.74, 6) is 0.513. The van der Waals surface area contributed by atoms with Crippen molar-refractivity contribution in [2.75, 3.05) is 6.54 Å². The van der Waals surface area contributed by atoms with Gasteiger partial charge < -0.3 is 16.0 Å². The lowest BCUT2D eigenvalue weighted by Crippen LogP contribution is -2.57. The molecule has 0 aliphatic carbocycles. The zero-order valence-electron chi connectivity index (χ0n) is 11.6. The molecule has 0 saturated carbocycles. The lowest BCUT2D eigenvalue weighted by Gasteiger charge is -2.35. The SMILES string of the molecule is CC1CCNC(C)C1NC(=O)NCc1ccccc1. The van der Waals surface area contributed by atoms with E-state index >= 15 is 0 Å². The monoisotopic (exact) mass is 261 g/mol. The van der Waals surface area contributed by atoms with Crippen LogP contribution in [-0.2, 0) is 6.54 Å². The van der Waals surface area contributed by atoms with Gasteiger partial charge in [-0.25, -0.2) is 4.79 Å². The number of carbonyl (C=O) groups excluding carboxylic acids is 1. The second-order valence-electron chi connectivity index (χ2n) is 5.35. The third-order valence-corrected chi connectivity index (χ3v) is 3.81. The third-order valence-electron chi connectivity index (χ3n) is 3.81. The van der Waals surface area contributed by atoms with Gasteiger partial charge in [0.25, 0.3) is 0 Å². The standard InChI is InChI=1S/C15H23N3O/c1-11-8-9-16-12(2)14(11)18-15(19)17-10-13-6-4-3-5-7-13/h3-7,11-12,14,16H,8-10H2,1-2H3,(H2,17,18,19). The summed E-state index contributed by atoms with van der Waals surface area (Å²) in [6.45, 7) is 5.92. The molecule has 1 aliphatic heterocycles. The first kappa shape index (κ1) is 13.9. The van der Waals surface area contributed by atoms with Crippen molar-refractivity contribution in [2.24, 2.45) is 5.92 Å². The Hall–Kier alpha value is -1.55. The zero-order valence-corrected chi connectivity index (χ0v) is 11.6. The molecule has 1 aromatic rings. The van der Waals surface area contributed by atoms with Crippen LogP contribution in [-0.4, -0.2) is 24.7 Å². The first-order valence-electron chi connectivity index (χ1n) is 6.98. The topological polar surface area (TPSA) is 53.2 Å². The molecule has 2 rings (SSSR count). The van der Waals surface area contributed by atoms with Gasteiger partial charge in [-0.1, -0.05) is 37.3 Å². The van der Waals surface area contributed by atoms with E-state index in [9.17, 15) is 4.79 Å². The molecule has 1 aromatic carbocycles. The number of urea groups is 1. The summed E-state index contributed by atoms with van der Waals surface area (Å²) in [5.41, 5.74) is 1.11. The van der Waals surface area contributed by atoms with Crippen molar-refractivity contribution in [3.63, 3.8) is 0 Å². The summed E-state index contributed by atoms with van der Waals surface area (Å²) in [5, 5.41) is 9.38. The molecular weight excluding hydrogens is 238 g/mol. The molecule has 104 valence electrons. The van der Waals surface area contributed by atoms with E-state index in [4.69, 9.17) is 0 Å². The molecule has 1 saturated heterocycles. The van der Waals surface area contributed by atoms with E-state index in [0.717, 1.165) is 18.5 Å². The van der Waals surface area contributed by atoms with E-state index in [-0.39, 0.29) is 12.1 Å². The van der Waals surface area contributed by atoms with Crippen LogP contribution in [0.1, 0.15) is 25.8 Å². The van der Waals surface area contributed by atoms with Crippen molar-refractivity contribution in [1.29, 1.82) is 0 Å². The highest BCUT2D eigenvalue weighted by Crippen LogP contribution is 2.15. The molecule has 1 fully saturated rings. The number of amides is 2. The van der Waals surface area contributed by atoms with E-state index in [2.05, 4.69) is 29.8 Å². The maximum atomic E-state index is 11.9. The van der Waals surface area contributed by atoms with Crippen molar-refractivity contribution in [3.8, 4) is 0 Å². The summed E-state index contributed by atoms with van der Waals surface area (Å²) in [6, 6.07) is 10.4. The number of carbonyl (C=O) groups is 1. The molecule has 4 heteroatoms. The van der Waals surface area contributed by atoms with Crippen molar-refractivity contribution in [2.45, 2.75) is 38.9 Å². The van der Waals surface area contributed by atoms with Gasteiger partial charge in [-0.05, 0) is 31.4 Å². The van der Waals surface area contributed by atoms with Crippen LogP contribution in [0.15, 0.2) is 30.3 Å². The van der Waals surface area contributed by atoms with Crippen LogP contribution in [0.4, 0.5) is 4.79 Å². The van der Waals surface area contributed by atoms with Gasteiger partial charge in [-0.15, -0.1) is 0 Å². The van der Waals surface area contributed by atoms with Crippen molar-refractivity contribution in [1.82, 2.24) is 16.0 Å². The van der Waals surface area contributed by atoms with Crippen molar-refractivity contribution < 1.29 is 4.79 Å². The smallest absolute Gasteiger partial charge is 0.315 e. The maximum absolute atomic E-state index is 11.9. The van der Waals surface area contributed by atoms with Gasteiger partial charge in [0.1, 0.15) is 0 Å². The molecule has 0 radical (unpaired) electrons. The van der Waals surface area contributed by atoms with Crippen LogP contribution in [0.25, 0.3) is 0 Å². The average molecular weight is 261 g/mol. The van der Waals surface area contributed by atoms with Crippen LogP contribution in [0.3, 0.4) is 0 Å². The molecule has 1 aliphatic rings. The van der Waals surface area contributed by atoms with E-state index < -0.39 is 0 Å². The molecule has 3 atom stereocenters. The molecule has 0 aromatic heterocycles. The number of hydrogen-bond acceptors (Lipinski definition) is 2. The lowest BCUT2D eigenvalue weighted by molar-refractivity contribution is 0.210. The van der Waals surface area contributed by atoms with Crippen molar-refractivity contribution >= 4 is 6.03 Å². The molecule has 0 bridgehead atoms. The summed E-state index contributed by atoms with van der Waals surface area (Å²) in [7, 11) is 0. The largest absolute Gasteiger partial charge is 0.334 e. The van der Waals surface area contributed by atoms with Gasteiger partial charge in [0.05, 0.1) is 0 Å². The van der Waals surface area contributed by atoms with Gasteiger partial charge >= 0.3 is 6.03 Å². The molecular formula is C15H23N3O. The maximum Gasteiger partial charge on any atom is 0.315 e. The minimum Gasteiger partial charge on any atom is -0.334 e. The first-order valence-corrected chi connectivity index (χ1v) is 6.98. The second-order valence-corrected chi connectivity index (χ2v) is 5.35. The van der Waals surface area contributed by atoms with Crippen molar-refractivity contribution in [3.05, 3.63) is 35.9 Å². The summed E-state index contributed by atoms with van der Waals surface area (Å²) in [4.78, 5) is 11.9. The minimum absolute atomic E-state index is 0.0868. The zero-order chi connectivity index (χ0) is 13.7. The predicted octanol–water partition coefficient (Wildman–Crippen LogP) is 1.87. The molecule has 1 heterocycles. The van der Waals surface area contributed by atoms with E-state index in [1.54, 1.807) is 0 Å². The highest BCUT2D eigenvalue weighted by Gasteiger charge is 2.28. The van der Waals surface area contributed by atoms with Gasteiger partial charge in [-0.3, -0.25) is 0 Å². The molecule has 2 amide bonds. The summed E-state index contributed by atoms with van der Waals surface area (Å²) in [6.07, 6.45) is 1.11. The molecule has 3 N–H and O–H groups in total. The number of nitrogens with one attached hydrogen (secondary N) is 3. The van der Waals surface area contributed by atoms with E-state index in [1.807, 2.05) is 30.3 Å². The summed E-state index contributed by atoms with van der Waals surface area (Å²) >= 11 is 0. The predicted molar refractivity (Wildman–Crippen MR) is 76.8 cm³/mol. The lowest BCUT2D eigenvalue weighted by atomic mass is 9.89. The molecule has 3 unspecified atom stereocenters. The van der Waals surface area contributed by atoms with E-state index in [1.165, 1.54) is 0 Å². The fraction of sp³-hybridized carbons (Fsp3) is 0.533. The van der Waals surface area contributed by atoms with Crippen LogP contribution in [0, 0.1) is 5.92 Å². The normalized spacial score (nSPS) is 26.7. The fourth-order valence-corrected chi connectivity index (χ4v) is 2.59.